The first-order chi connectivity index (χ1) is 6.16. The summed E-state index contributed by atoms with van der Waals surface area (Å²) in [7, 11) is 0. The fraction of sp³-hybridized carbons (Fsp3) is 0.556. The molecule has 0 atom stereocenters. The molecule has 1 rings (SSSR count). The average molecular weight is 244 g/mol. The van der Waals surface area contributed by atoms with E-state index in [0.29, 0.717) is 5.92 Å². The molecule has 0 radical (unpaired) electrons. The summed E-state index contributed by atoms with van der Waals surface area (Å²) in [5.41, 5.74) is 1.05. The predicted molar refractivity (Wildman–Crippen MR) is 58.0 cm³/mol. The lowest BCUT2D eigenvalue weighted by Gasteiger charge is -2.10. The number of anilines is 1. The highest BCUT2D eigenvalue weighted by Gasteiger charge is 2.10. The zero-order chi connectivity index (χ0) is 9.84. The van der Waals surface area contributed by atoms with Gasteiger partial charge in [-0.15, -0.1) is 0 Å². The van der Waals surface area contributed by atoms with Gasteiger partial charge < -0.3 is 5.32 Å². The zero-order valence-electron chi connectivity index (χ0n) is 8.13. The minimum atomic E-state index is 0.412. The van der Waals surface area contributed by atoms with E-state index < -0.39 is 0 Å². The van der Waals surface area contributed by atoms with E-state index in [9.17, 15) is 0 Å². The smallest absolute Gasteiger partial charge is 0.144 e. The fourth-order valence-electron chi connectivity index (χ4n) is 1.08. The molecule has 0 saturated heterocycles. The molecule has 0 unspecified atom stereocenters. The number of halogens is 1. The number of nitrogens with zero attached hydrogens (tertiary/aromatic N) is 2. The van der Waals surface area contributed by atoms with Crippen molar-refractivity contribution < 1.29 is 0 Å². The molecule has 0 aliphatic carbocycles. The van der Waals surface area contributed by atoms with Gasteiger partial charge in [-0.05, 0) is 28.8 Å². The van der Waals surface area contributed by atoms with Gasteiger partial charge in [0, 0.05) is 6.54 Å². The van der Waals surface area contributed by atoms with Crippen molar-refractivity contribution in [2.24, 2.45) is 0 Å². The summed E-state index contributed by atoms with van der Waals surface area (Å²) < 4.78 is 0.979. The third kappa shape index (κ3) is 2.40. The van der Waals surface area contributed by atoms with Gasteiger partial charge >= 0.3 is 0 Å². The second-order valence-electron chi connectivity index (χ2n) is 3.11. The SMILES string of the molecule is CCNc1ncnc(C(C)C)c1Br. The van der Waals surface area contributed by atoms with E-state index in [1.165, 1.54) is 0 Å². The van der Waals surface area contributed by atoms with E-state index in [1.807, 2.05) is 6.92 Å². The molecule has 0 bridgehead atoms. The van der Waals surface area contributed by atoms with Crippen molar-refractivity contribution in [2.75, 3.05) is 11.9 Å². The maximum atomic E-state index is 4.22. The average Bonchev–Trinajstić information content (AvgIpc) is 2.08. The van der Waals surface area contributed by atoms with Crippen LogP contribution in [0.1, 0.15) is 32.4 Å². The van der Waals surface area contributed by atoms with Crippen LogP contribution in [-0.4, -0.2) is 16.5 Å². The minimum absolute atomic E-state index is 0.412. The quantitative estimate of drug-likeness (QED) is 0.888. The Morgan fingerprint density at radius 2 is 2.15 bits per heavy atom. The van der Waals surface area contributed by atoms with Crippen LogP contribution in [0.4, 0.5) is 5.82 Å². The topological polar surface area (TPSA) is 37.8 Å². The van der Waals surface area contributed by atoms with Crippen molar-refractivity contribution in [1.82, 2.24) is 9.97 Å². The van der Waals surface area contributed by atoms with Gasteiger partial charge in [0.1, 0.15) is 12.1 Å². The molecule has 0 aromatic carbocycles. The summed E-state index contributed by atoms with van der Waals surface area (Å²) in [6.07, 6.45) is 1.60. The van der Waals surface area contributed by atoms with Gasteiger partial charge in [0.15, 0.2) is 0 Å². The second kappa shape index (κ2) is 4.56. The third-order valence-electron chi connectivity index (χ3n) is 1.71. The number of rotatable bonds is 3. The monoisotopic (exact) mass is 243 g/mol. The van der Waals surface area contributed by atoms with Crippen LogP contribution in [0, 0.1) is 0 Å². The molecule has 72 valence electrons. The Kier molecular flexibility index (Phi) is 3.66. The Labute approximate surface area is 87.1 Å². The number of nitrogens with one attached hydrogen (secondary N) is 1. The van der Waals surface area contributed by atoms with E-state index in [4.69, 9.17) is 0 Å². The summed E-state index contributed by atoms with van der Waals surface area (Å²) in [5, 5.41) is 3.17. The molecule has 0 aliphatic heterocycles. The largest absolute Gasteiger partial charge is 0.369 e. The molecule has 0 saturated carbocycles. The minimum Gasteiger partial charge on any atom is -0.369 e. The van der Waals surface area contributed by atoms with Crippen molar-refractivity contribution in [3.63, 3.8) is 0 Å². The van der Waals surface area contributed by atoms with Crippen molar-refractivity contribution in [2.45, 2.75) is 26.7 Å². The van der Waals surface area contributed by atoms with E-state index >= 15 is 0 Å². The highest BCUT2D eigenvalue weighted by molar-refractivity contribution is 9.10. The molecule has 0 amide bonds. The zero-order valence-corrected chi connectivity index (χ0v) is 9.72. The van der Waals surface area contributed by atoms with E-state index in [-0.39, 0.29) is 0 Å². The van der Waals surface area contributed by atoms with Gasteiger partial charge in [-0.3, -0.25) is 0 Å². The maximum absolute atomic E-state index is 4.22. The van der Waals surface area contributed by atoms with E-state index in [0.717, 1.165) is 22.5 Å². The van der Waals surface area contributed by atoms with Gasteiger partial charge in [0.05, 0.1) is 10.2 Å². The first-order valence-electron chi connectivity index (χ1n) is 4.41. The van der Waals surface area contributed by atoms with Crippen molar-refractivity contribution >= 4 is 21.7 Å². The lowest BCUT2D eigenvalue weighted by Crippen LogP contribution is -2.04. The molecular formula is C9H14BrN3. The van der Waals surface area contributed by atoms with Crippen LogP contribution in [0.15, 0.2) is 10.8 Å². The molecule has 1 aromatic rings. The lowest BCUT2D eigenvalue weighted by molar-refractivity contribution is 0.806. The highest BCUT2D eigenvalue weighted by Crippen LogP contribution is 2.27. The Bertz CT molecular complexity index is 286. The molecule has 1 N–H and O–H groups in total. The Morgan fingerprint density at radius 3 is 2.69 bits per heavy atom. The van der Waals surface area contributed by atoms with Crippen molar-refractivity contribution in [3.8, 4) is 0 Å². The predicted octanol–water partition coefficient (Wildman–Crippen LogP) is 2.79. The third-order valence-corrected chi connectivity index (χ3v) is 2.49. The van der Waals surface area contributed by atoms with Crippen molar-refractivity contribution in [3.05, 3.63) is 16.5 Å². The van der Waals surface area contributed by atoms with Crippen LogP contribution in [-0.2, 0) is 0 Å². The van der Waals surface area contributed by atoms with Crippen LogP contribution in [0.3, 0.4) is 0 Å². The Morgan fingerprint density at radius 1 is 1.46 bits per heavy atom. The Hall–Kier alpha value is -0.640. The summed E-state index contributed by atoms with van der Waals surface area (Å²) in [4.78, 5) is 8.36. The normalized spacial score (nSPS) is 10.5. The van der Waals surface area contributed by atoms with Gasteiger partial charge in [-0.1, -0.05) is 13.8 Å². The fourth-order valence-corrected chi connectivity index (χ4v) is 1.88. The summed E-state index contributed by atoms with van der Waals surface area (Å²) in [6.45, 7) is 7.14. The number of hydrogen-bond acceptors (Lipinski definition) is 3. The Balaban J connectivity index is 3.03. The second-order valence-corrected chi connectivity index (χ2v) is 3.90. The van der Waals surface area contributed by atoms with Gasteiger partial charge in [-0.2, -0.15) is 0 Å². The van der Waals surface area contributed by atoms with Crippen LogP contribution >= 0.6 is 15.9 Å². The maximum Gasteiger partial charge on any atom is 0.144 e. The first kappa shape index (κ1) is 10.4. The summed E-state index contributed by atoms with van der Waals surface area (Å²) in [6, 6.07) is 0. The molecule has 4 heteroatoms. The van der Waals surface area contributed by atoms with E-state index in [2.05, 4.69) is 45.1 Å². The number of hydrogen-bond donors (Lipinski definition) is 1. The molecule has 0 aliphatic rings. The molecular weight excluding hydrogens is 230 g/mol. The molecule has 3 nitrogen and oxygen atoms in total. The van der Waals surface area contributed by atoms with E-state index in [1.54, 1.807) is 6.33 Å². The molecule has 1 aromatic heterocycles. The van der Waals surface area contributed by atoms with Gasteiger partial charge in [-0.25, -0.2) is 9.97 Å². The van der Waals surface area contributed by atoms with Crippen molar-refractivity contribution in [1.29, 1.82) is 0 Å². The standard InChI is InChI=1S/C9H14BrN3/c1-4-11-9-7(10)8(6(2)3)12-5-13-9/h5-6H,4H2,1-3H3,(H,11,12,13). The van der Waals surface area contributed by atoms with Crippen LogP contribution in [0.5, 0.6) is 0 Å². The molecule has 0 spiro atoms. The van der Waals surface area contributed by atoms with Gasteiger partial charge in [0.2, 0.25) is 0 Å². The van der Waals surface area contributed by atoms with Crippen LogP contribution in [0.25, 0.3) is 0 Å². The first-order valence-corrected chi connectivity index (χ1v) is 5.20. The molecule has 1 heterocycles. The van der Waals surface area contributed by atoms with Crippen LogP contribution < -0.4 is 5.32 Å². The molecule has 0 fully saturated rings. The highest BCUT2D eigenvalue weighted by atomic mass is 79.9. The summed E-state index contributed by atoms with van der Waals surface area (Å²) >= 11 is 3.50. The lowest BCUT2D eigenvalue weighted by atomic mass is 10.1. The number of aromatic nitrogens is 2. The summed E-state index contributed by atoms with van der Waals surface area (Å²) in [5.74, 6) is 1.29. The van der Waals surface area contributed by atoms with Crippen LogP contribution in [0.2, 0.25) is 0 Å². The van der Waals surface area contributed by atoms with Gasteiger partial charge in [0.25, 0.3) is 0 Å². The molecule has 13 heavy (non-hydrogen) atoms.